The molecule has 1 N–H and O–H groups in total. The summed E-state index contributed by atoms with van der Waals surface area (Å²) in [5, 5.41) is 3.41. The molecule has 0 aliphatic heterocycles. The largest absolute Gasteiger partial charge is 0.313 e. The normalized spacial score (nSPS) is 10.6. The lowest BCUT2D eigenvalue weighted by Gasteiger charge is -2.05. The summed E-state index contributed by atoms with van der Waals surface area (Å²) in [6.45, 7) is 4.28. The third-order valence-corrected chi connectivity index (χ3v) is 4.12. The predicted octanol–water partition coefficient (Wildman–Crippen LogP) is 3.64. The lowest BCUT2D eigenvalue weighted by molar-refractivity contribution is 0.675. The summed E-state index contributed by atoms with van der Waals surface area (Å²) >= 11 is 3.85. The number of hydrogen-bond acceptors (Lipinski definition) is 3. The zero-order chi connectivity index (χ0) is 11.6. The zero-order valence-electron chi connectivity index (χ0n) is 10.2. The highest BCUT2D eigenvalue weighted by atomic mass is 32.2. The van der Waals surface area contributed by atoms with E-state index in [9.17, 15) is 0 Å². The second-order valence-corrected chi connectivity index (χ2v) is 5.82. The van der Waals surface area contributed by atoms with E-state index in [1.807, 2.05) is 23.5 Å². The van der Waals surface area contributed by atoms with E-state index in [1.165, 1.54) is 28.4 Å². The minimum atomic E-state index is 0.990. The lowest BCUT2D eigenvalue weighted by Crippen LogP contribution is -2.13. The molecule has 0 amide bonds. The Labute approximate surface area is 108 Å². The van der Waals surface area contributed by atoms with Gasteiger partial charge in [-0.25, -0.2) is 0 Å². The lowest BCUT2D eigenvalue weighted by atomic mass is 10.2. The van der Waals surface area contributed by atoms with Crippen molar-refractivity contribution in [2.45, 2.75) is 24.8 Å². The van der Waals surface area contributed by atoms with Crippen LogP contribution in [0, 0.1) is 0 Å². The molecule has 1 aromatic carbocycles. The molecule has 0 aliphatic carbocycles. The highest BCUT2D eigenvalue weighted by molar-refractivity contribution is 8.02. The first-order valence-electron chi connectivity index (χ1n) is 5.78. The summed E-state index contributed by atoms with van der Waals surface area (Å²) in [5.41, 5.74) is 1.38. The van der Waals surface area contributed by atoms with E-state index in [4.69, 9.17) is 0 Å². The maximum absolute atomic E-state index is 3.41. The Kier molecular flexibility index (Phi) is 7.81. The van der Waals surface area contributed by atoms with Crippen molar-refractivity contribution in [1.29, 1.82) is 0 Å². The van der Waals surface area contributed by atoms with Crippen LogP contribution in [0.3, 0.4) is 0 Å². The highest BCUT2D eigenvalue weighted by Gasteiger charge is 1.95. The molecule has 0 atom stereocenters. The maximum atomic E-state index is 3.41. The molecule has 0 saturated carbocycles. The van der Waals surface area contributed by atoms with Gasteiger partial charge in [-0.2, -0.15) is 11.8 Å². The summed E-state index contributed by atoms with van der Waals surface area (Å²) in [5.74, 6) is 2.43. The maximum Gasteiger partial charge on any atom is 0.0205 e. The van der Waals surface area contributed by atoms with Crippen molar-refractivity contribution in [1.82, 2.24) is 5.32 Å². The molecule has 16 heavy (non-hydrogen) atoms. The summed E-state index contributed by atoms with van der Waals surface area (Å²) in [6, 6.07) is 8.91. The molecule has 0 saturated heterocycles. The molecular formula is C13H21NS2. The minimum absolute atomic E-state index is 0.990. The molecule has 0 bridgehead atoms. The van der Waals surface area contributed by atoms with Crippen LogP contribution in [0.2, 0.25) is 0 Å². The van der Waals surface area contributed by atoms with Crippen molar-refractivity contribution in [3.8, 4) is 0 Å². The molecule has 0 aliphatic rings. The minimum Gasteiger partial charge on any atom is -0.313 e. The van der Waals surface area contributed by atoms with E-state index in [0.717, 1.165) is 13.1 Å². The SMILES string of the molecule is CCCNCc1ccc(SCCSC)cc1. The Bertz CT molecular complexity index is 243. The van der Waals surface area contributed by atoms with Crippen LogP contribution in [0.15, 0.2) is 29.2 Å². The molecule has 1 aromatic rings. The summed E-state index contributed by atoms with van der Waals surface area (Å²) in [7, 11) is 0. The van der Waals surface area contributed by atoms with E-state index in [-0.39, 0.29) is 0 Å². The van der Waals surface area contributed by atoms with E-state index < -0.39 is 0 Å². The Morgan fingerprint density at radius 3 is 2.50 bits per heavy atom. The van der Waals surface area contributed by atoms with E-state index in [2.05, 4.69) is 42.8 Å². The predicted molar refractivity (Wildman–Crippen MR) is 77.5 cm³/mol. The van der Waals surface area contributed by atoms with Crippen molar-refractivity contribution < 1.29 is 0 Å². The fourth-order valence-electron chi connectivity index (χ4n) is 1.36. The molecule has 1 nitrogen and oxygen atoms in total. The standard InChI is InChI=1S/C13H21NS2/c1-3-8-14-11-12-4-6-13(7-5-12)16-10-9-15-2/h4-7,14H,3,8-11H2,1-2H3. The molecule has 0 radical (unpaired) electrons. The van der Waals surface area contributed by atoms with Gasteiger partial charge in [-0.15, -0.1) is 11.8 Å². The second kappa shape index (κ2) is 8.97. The molecule has 90 valence electrons. The Morgan fingerprint density at radius 2 is 1.88 bits per heavy atom. The summed E-state index contributed by atoms with van der Waals surface area (Å²) in [6.07, 6.45) is 3.35. The Balaban J connectivity index is 2.30. The van der Waals surface area contributed by atoms with Gasteiger partial charge in [0.1, 0.15) is 0 Å². The van der Waals surface area contributed by atoms with Crippen LogP contribution in [0.5, 0.6) is 0 Å². The molecular weight excluding hydrogens is 234 g/mol. The van der Waals surface area contributed by atoms with Gasteiger partial charge < -0.3 is 5.32 Å². The average molecular weight is 255 g/mol. The Morgan fingerprint density at radius 1 is 1.12 bits per heavy atom. The second-order valence-electron chi connectivity index (χ2n) is 3.66. The van der Waals surface area contributed by atoms with Gasteiger partial charge in [-0.05, 0) is 36.9 Å². The fourth-order valence-corrected chi connectivity index (χ4v) is 2.92. The zero-order valence-corrected chi connectivity index (χ0v) is 11.8. The molecule has 3 heteroatoms. The van der Waals surface area contributed by atoms with Crippen molar-refractivity contribution in [2.24, 2.45) is 0 Å². The van der Waals surface area contributed by atoms with Gasteiger partial charge in [0.25, 0.3) is 0 Å². The van der Waals surface area contributed by atoms with Crippen molar-refractivity contribution in [3.05, 3.63) is 29.8 Å². The van der Waals surface area contributed by atoms with Crippen LogP contribution in [0.1, 0.15) is 18.9 Å². The number of benzene rings is 1. The molecule has 0 aromatic heterocycles. The number of rotatable bonds is 8. The summed E-state index contributed by atoms with van der Waals surface area (Å²) < 4.78 is 0. The quantitative estimate of drug-likeness (QED) is 0.562. The van der Waals surface area contributed by atoms with Crippen LogP contribution in [0.25, 0.3) is 0 Å². The number of thioether (sulfide) groups is 2. The van der Waals surface area contributed by atoms with E-state index in [0.29, 0.717) is 0 Å². The third-order valence-electron chi connectivity index (χ3n) is 2.24. The molecule has 0 spiro atoms. The van der Waals surface area contributed by atoms with Crippen molar-refractivity contribution in [2.75, 3.05) is 24.3 Å². The monoisotopic (exact) mass is 255 g/mol. The average Bonchev–Trinajstić information content (AvgIpc) is 2.32. The molecule has 0 fully saturated rings. The van der Waals surface area contributed by atoms with Crippen molar-refractivity contribution >= 4 is 23.5 Å². The third kappa shape index (κ3) is 5.83. The van der Waals surface area contributed by atoms with Gasteiger partial charge in [0.2, 0.25) is 0 Å². The molecule has 0 unspecified atom stereocenters. The van der Waals surface area contributed by atoms with Gasteiger partial charge in [-0.1, -0.05) is 19.1 Å². The van der Waals surface area contributed by atoms with Gasteiger partial charge in [0, 0.05) is 22.9 Å². The topological polar surface area (TPSA) is 12.0 Å². The van der Waals surface area contributed by atoms with Crippen LogP contribution >= 0.6 is 23.5 Å². The fraction of sp³-hybridized carbons (Fsp3) is 0.538. The first-order valence-corrected chi connectivity index (χ1v) is 8.16. The first kappa shape index (κ1) is 13.9. The first-order chi connectivity index (χ1) is 7.86. The molecule has 1 rings (SSSR count). The van der Waals surface area contributed by atoms with Gasteiger partial charge >= 0.3 is 0 Å². The summed E-state index contributed by atoms with van der Waals surface area (Å²) in [4.78, 5) is 1.38. The van der Waals surface area contributed by atoms with Crippen LogP contribution in [0.4, 0.5) is 0 Å². The van der Waals surface area contributed by atoms with Crippen LogP contribution in [-0.2, 0) is 6.54 Å². The van der Waals surface area contributed by atoms with E-state index >= 15 is 0 Å². The number of nitrogens with one attached hydrogen (secondary N) is 1. The van der Waals surface area contributed by atoms with Crippen LogP contribution in [-0.4, -0.2) is 24.3 Å². The number of hydrogen-bond donors (Lipinski definition) is 1. The Hall–Kier alpha value is -0.120. The van der Waals surface area contributed by atoms with Crippen LogP contribution < -0.4 is 5.32 Å². The molecule has 0 heterocycles. The smallest absolute Gasteiger partial charge is 0.0205 e. The van der Waals surface area contributed by atoms with Gasteiger partial charge in [0.05, 0.1) is 0 Å². The van der Waals surface area contributed by atoms with E-state index in [1.54, 1.807) is 0 Å². The van der Waals surface area contributed by atoms with Gasteiger partial charge in [-0.3, -0.25) is 0 Å². The van der Waals surface area contributed by atoms with Crippen molar-refractivity contribution in [3.63, 3.8) is 0 Å². The highest BCUT2D eigenvalue weighted by Crippen LogP contribution is 2.19. The van der Waals surface area contributed by atoms with Gasteiger partial charge in [0.15, 0.2) is 0 Å².